The Hall–Kier alpha value is -16.9. The molecule has 0 bridgehead atoms. The van der Waals surface area contributed by atoms with Crippen LogP contribution < -0.4 is 0 Å². The molecule has 6 aromatic heterocycles. The third-order valence-electron chi connectivity index (χ3n) is 23.9. The van der Waals surface area contributed by atoms with Gasteiger partial charge in [0.05, 0.1) is 45.6 Å². The van der Waals surface area contributed by atoms with Crippen molar-refractivity contribution in [1.82, 2.24) is 29.9 Å². The van der Waals surface area contributed by atoms with Crippen LogP contribution in [0.1, 0.15) is 61.2 Å². The van der Waals surface area contributed by atoms with Gasteiger partial charge in [-0.05, 0) is 247 Å². The second-order valence-corrected chi connectivity index (χ2v) is 38.1. The first-order chi connectivity index (χ1) is 68.5. The minimum absolute atomic E-state index is 0. The first-order valence-electron chi connectivity index (χ1n) is 45.3. The van der Waals surface area contributed by atoms with Crippen LogP contribution in [0.15, 0.2) is 419 Å². The zero-order chi connectivity index (χ0) is 99.3. The maximum atomic E-state index is 9.87. The molecule has 0 unspecified atom stereocenters. The molecule has 0 amide bonds. The fraction of sp³-hybridized carbons (Fsp3) is 0.0244. The van der Waals surface area contributed by atoms with Crippen LogP contribution in [0.4, 0.5) is 50.4 Å². The first kappa shape index (κ1) is 97.4. The summed E-state index contributed by atoms with van der Waals surface area (Å²) < 4.78 is 118. The number of pyridine rings is 6. The van der Waals surface area contributed by atoms with E-state index < -0.39 is 15.6 Å². The molecule has 6 heterocycles. The van der Waals surface area contributed by atoms with Gasteiger partial charge in [0, 0.05) is 69.3 Å². The molecule has 0 aliphatic carbocycles. The molecular formula is C123H78F12N6P2Ru. The first-order valence-corrected chi connectivity index (χ1v) is 49.3. The minimum atomic E-state index is -10.7. The molecule has 144 heavy (non-hydrogen) atoms. The Kier molecular flexibility index (Phi) is 26.3. The summed E-state index contributed by atoms with van der Waals surface area (Å²) >= 11 is 0. The van der Waals surface area contributed by atoms with Gasteiger partial charge in [-0.3, -0.25) is 19.9 Å². The van der Waals surface area contributed by atoms with Gasteiger partial charge in [0.2, 0.25) is 0 Å². The Morgan fingerprint density at radius 3 is 0.514 bits per heavy atom. The van der Waals surface area contributed by atoms with Gasteiger partial charge in [-0.25, -0.2) is 9.97 Å². The molecule has 0 aliphatic heterocycles. The predicted octanol–water partition coefficient (Wildman–Crippen LogP) is 36.3. The zero-order valence-electron chi connectivity index (χ0n) is 76.8. The van der Waals surface area contributed by atoms with Crippen LogP contribution >= 0.6 is 15.6 Å². The van der Waals surface area contributed by atoms with E-state index in [4.69, 9.17) is 29.9 Å². The van der Waals surface area contributed by atoms with E-state index in [1.54, 1.807) is 0 Å². The smallest absolute Gasteiger partial charge is 2.00 e. The Bertz CT molecular complexity index is 8250. The molecule has 702 valence electrons. The van der Waals surface area contributed by atoms with Gasteiger partial charge in [-0.15, -0.1) is 0 Å². The average Bonchev–Trinajstić information content (AvgIpc) is 0.750. The van der Waals surface area contributed by atoms with E-state index in [1.165, 1.54) is 146 Å². The van der Waals surface area contributed by atoms with Crippen molar-refractivity contribution in [2.45, 2.75) is 20.8 Å². The van der Waals surface area contributed by atoms with Crippen LogP contribution in [0.3, 0.4) is 0 Å². The largest absolute Gasteiger partial charge is 2.00 e. The number of rotatable bonds is 4. The SMILES string of the molecule is C(#Cc1ccc2ccc3cccc4ccc1c2c34)c1ccc(-c2cccc(-c3ccc(C#Cc4ccc5ccc6cccc7ccc4c5c67)cn3)n2)nc1.C(#Cc1ccc2ccc3cccc4ccc1c2c34)c1ccc(-c2cccc(-c3ccc(C#Cc4ccc5ccc6cccc7ccc4c5c67)cn3)n2)nc1.Cc1ccccc1.Cc1ccccc1.Cc1ccccc1.F[P-](F)(F)(F)(F)F.F[P-](F)(F)(F)(F)F.[Ru+2]. The van der Waals surface area contributed by atoms with Crippen LogP contribution in [0.25, 0.3) is 175 Å². The Morgan fingerprint density at radius 1 is 0.167 bits per heavy atom. The summed E-state index contributed by atoms with van der Waals surface area (Å²) in [5.74, 6) is 27.1. The monoisotopic (exact) mass is 2030 g/mol. The number of aromatic nitrogens is 6. The van der Waals surface area contributed by atoms with Crippen molar-refractivity contribution < 1.29 is 69.8 Å². The van der Waals surface area contributed by atoms with E-state index in [0.717, 1.165) is 90.1 Å². The maximum absolute atomic E-state index is 10.7. The molecule has 0 N–H and O–H groups in total. The number of halogens is 12. The second-order valence-electron chi connectivity index (χ2n) is 34.3. The summed E-state index contributed by atoms with van der Waals surface area (Å²) in [6, 6.07) is 137. The molecule has 0 aliphatic rings. The van der Waals surface area contributed by atoms with Crippen LogP contribution in [0.2, 0.25) is 0 Å². The molecule has 25 rings (SSSR count). The Morgan fingerprint density at radius 2 is 0.340 bits per heavy atom. The third kappa shape index (κ3) is 24.0. The van der Waals surface area contributed by atoms with Crippen LogP contribution in [0, 0.1) is 68.1 Å². The van der Waals surface area contributed by atoms with Crippen LogP contribution in [-0.2, 0) is 19.5 Å². The van der Waals surface area contributed by atoms with E-state index in [-0.39, 0.29) is 19.5 Å². The van der Waals surface area contributed by atoms with Gasteiger partial charge in [-0.1, -0.05) is 361 Å². The standard InChI is InChI=1S/2C51H27N3.3C7H8.2F6P.Ru/c2*1-4-36-20-22-40-18-16-34(42-26-24-38(6-1)48(36)50(40)42)14-10-32-12-28-44(52-30-32)46-8-3-9-47(54-46)45-29-13-33(31-53-45)11-15-35-17-19-41-23-21-37-5-2-7-39-25-27-43(35)51(41)49(37)39;3*1-7-5-3-2-4-6-7;2*1-7(2,3,4,5)6;/h2*1-9,12-13,16-31H;3*2-6H,1H3;;;/q;;;;;2*-1;+2. The van der Waals surface area contributed by atoms with Crippen LogP contribution in [-0.4, -0.2) is 29.9 Å². The molecule has 0 spiro atoms. The van der Waals surface area contributed by atoms with Gasteiger partial charge in [0.25, 0.3) is 0 Å². The van der Waals surface area contributed by atoms with E-state index in [9.17, 15) is 50.4 Å². The number of benzene rings is 19. The summed E-state index contributed by atoms with van der Waals surface area (Å²) in [4.78, 5) is 28.8. The third-order valence-corrected chi connectivity index (χ3v) is 23.9. The van der Waals surface area contributed by atoms with E-state index in [2.05, 4.69) is 323 Å². The molecule has 6 nitrogen and oxygen atoms in total. The van der Waals surface area contributed by atoms with E-state index in [0.29, 0.717) is 0 Å². The second kappa shape index (κ2) is 39.0. The molecule has 0 saturated carbocycles. The average molecular weight is 2030 g/mol. The molecule has 19 aromatic carbocycles. The topological polar surface area (TPSA) is 77.3 Å². The molecule has 0 saturated heterocycles. The van der Waals surface area contributed by atoms with Gasteiger partial charge in [-0.2, -0.15) is 0 Å². The number of hydrogen-bond donors (Lipinski definition) is 0. The molecular weight excluding hydrogens is 1950 g/mol. The summed E-state index contributed by atoms with van der Waals surface area (Å²) in [6.07, 6.45) is 7.27. The molecule has 21 heteroatoms. The number of nitrogens with zero attached hydrogens (tertiary/aromatic N) is 6. The summed E-state index contributed by atoms with van der Waals surface area (Å²) in [5, 5.41) is 29.9. The van der Waals surface area contributed by atoms with Crippen molar-refractivity contribution in [1.29, 1.82) is 0 Å². The van der Waals surface area contributed by atoms with Crippen molar-refractivity contribution in [3.05, 3.63) is 480 Å². The number of aryl methyl sites for hydroxylation is 3. The normalized spacial score (nSPS) is 12.1. The molecule has 0 atom stereocenters. The van der Waals surface area contributed by atoms with Crippen molar-refractivity contribution in [3.63, 3.8) is 0 Å². The van der Waals surface area contributed by atoms with Crippen molar-refractivity contribution in [2.24, 2.45) is 0 Å². The van der Waals surface area contributed by atoms with E-state index in [1.807, 2.05) is 164 Å². The van der Waals surface area contributed by atoms with Crippen molar-refractivity contribution in [3.8, 4) is 92.9 Å². The van der Waals surface area contributed by atoms with E-state index >= 15 is 0 Å². The quantitative estimate of drug-likeness (QED) is 0.0574. The zero-order valence-corrected chi connectivity index (χ0v) is 80.3. The van der Waals surface area contributed by atoms with Gasteiger partial charge >= 0.3 is 85.5 Å². The summed E-state index contributed by atoms with van der Waals surface area (Å²) in [6.45, 7) is 6.25. The predicted molar refractivity (Wildman–Crippen MR) is 567 cm³/mol. The summed E-state index contributed by atoms with van der Waals surface area (Å²) in [5.41, 5.74) is 17.6. The van der Waals surface area contributed by atoms with Gasteiger partial charge in [0.15, 0.2) is 0 Å². The fourth-order valence-corrected chi connectivity index (χ4v) is 17.5. The molecule has 0 radical (unpaired) electrons. The Balaban J connectivity index is 0.000000141. The van der Waals surface area contributed by atoms with Gasteiger partial charge < -0.3 is 0 Å². The summed E-state index contributed by atoms with van der Waals surface area (Å²) in [7, 11) is -21.3. The van der Waals surface area contributed by atoms with Crippen molar-refractivity contribution in [2.75, 3.05) is 0 Å². The minimum Gasteiger partial charge on any atom is 2.00 e. The number of hydrogen-bond acceptors (Lipinski definition) is 6. The molecule has 25 aromatic rings. The van der Waals surface area contributed by atoms with Crippen molar-refractivity contribution >= 4 is 145 Å². The maximum Gasteiger partial charge on any atom is 2.00 e. The molecule has 0 fully saturated rings. The van der Waals surface area contributed by atoms with Crippen LogP contribution in [0.5, 0.6) is 0 Å². The van der Waals surface area contributed by atoms with Gasteiger partial charge in [0.1, 0.15) is 0 Å². The Labute approximate surface area is 832 Å². The fourth-order valence-electron chi connectivity index (χ4n) is 17.5.